The molecule has 3 nitrogen and oxygen atoms in total. The Bertz CT molecular complexity index is 399. The van der Waals surface area contributed by atoms with Crippen molar-refractivity contribution in [1.82, 2.24) is 4.90 Å². The minimum absolute atomic E-state index is 0.0738. The average molecular weight is 268 g/mol. The van der Waals surface area contributed by atoms with E-state index in [2.05, 4.69) is 0 Å². The number of benzene rings is 1. The zero-order valence-electron chi connectivity index (χ0n) is 10.6. The van der Waals surface area contributed by atoms with E-state index < -0.39 is 6.10 Å². The van der Waals surface area contributed by atoms with Crippen LogP contribution in [0.1, 0.15) is 26.2 Å². The fraction of sp³-hybridized carbons (Fsp3) is 0.500. The van der Waals surface area contributed by atoms with Crippen LogP contribution in [0.25, 0.3) is 0 Å². The van der Waals surface area contributed by atoms with Gasteiger partial charge in [-0.2, -0.15) is 0 Å². The molecule has 1 heterocycles. The van der Waals surface area contributed by atoms with E-state index >= 15 is 0 Å². The lowest BCUT2D eigenvalue weighted by Crippen LogP contribution is -2.43. The Hall–Kier alpha value is -1.22. The van der Waals surface area contributed by atoms with Gasteiger partial charge in [0.1, 0.15) is 5.75 Å². The van der Waals surface area contributed by atoms with Crippen LogP contribution in [-0.2, 0) is 4.79 Å². The first-order valence-electron chi connectivity index (χ1n) is 6.38. The highest BCUT2D eigenvalue weighted by Crippen LogP contribution is 2.18. The van der Waals surface area contributed by atoms with E-state index in [-0.39, 0.29) is 5.91 Å². The Kier molecular flexibility index (Phi) is 4.48. The number of amides is 1. The maximum absolute atomic E-state index is 12.1. The van der Waals surface area contributed by atoms with Crippen molar-refractivity contribution in [1.29, 1.82) is 0 Å². The molecule has 1 aromatic carbocycles. The molecule has 0 N–H and O–H groups in total. The van der Waals surface area contributed by atoms with Crippen LogP contribution in [0.5, 0.6) is 5.75 Å². The number of likely N-dealkylation sites (tertiary alicyclic amines) is 1. The van der Waals surface area contributed by atoms with Gasteiger partial charge in [0.05, 0.1) is 0 Å². The molecule has 0 aromatic heterocycles. The molecule has 1 saturated heterocycles. The normalized spacial score (nSPS) is 17.3. The first-order chi connectivity index (χ1) is 8.66. The van der Waals surface area contributed by atoms with Gasteiger partial charge in [0.2, 0.25) is 0 Å². The van der Waals surface area contributed by atoms with Crippen molar-refractivity contribution < 1.29 is 9.53 Å². The Morgan fingerprint density at radius 2 is 1.83 bits per heavy atom. The maximum atomic E-state index is 12.1. The number of halogens is 1. The molecule has 1 amide bonds. The third-order valence-electron chi connectivity index (χ3n) is 3.14. The largest absolute Gasteiger partial charge is 0.481 e. The highest BCUT2D eigenvalue weighted by molar-refractivity contribution is 6.30. The van der Waals surface area contributed by atoms with Crippen LogP contribution in [0.15, 0.2) is 24.3 Å². The zero-order valence-corrected chi connectivity index (χ0v) is 11.3. The lowest BCUT2D eigenvalue weighted by Gasteiger charge is -2.29. The number of hydrogen-bond donors (Lipinski definition) is 0. The molecule has 18 heavy (non-hydrogen) atoms. The highest BCUT2D eigenvalue weighted by Gasteiger charge is 2.23. The van der Waals surface area contributed by atoms with Gasteiger partial charge in [-0.25, -0.2) is 0 Å². The summed E-state index contributed by atoms with van der Waals surface area (Å²) in [6, 6.07) is 7.08. The number of nitrogens with zero attached hydrogens (tertiary/aromatic N) is 1. The summed E-state index contributed by atoms with van der Waals surface area (Å²) in [6.45, 7) is 3.51. The molecule has 1 atom stereocenters. The second kappa shape index (κ2) is 6.10. The molecular weight excluding hydrogens is 250 g/mol. The number of ether oxygens (including phenoxy) is 1. The summed E-state index contributed by atoms with van der Waals surface area (Å²) in [4.78, 5) is 14.0. The number of piperidine rings is 1. The molecule has 2 rings (SSSR count). The summed E-state index contributed by atoms with van der Waals surface area (Å²) in [5, 5.41) is 0.664. The van der Waals surface area contributed by atoms with E-state index in [4.69, 9.17) is 16.3 Å². The monoisotopic (exact) mass is 267 g/mol. The molecule has 1 fully saturated rings. The summed E-state index contributed by atoms with van der Waals surface area (Å²) < 4.78 is 5.63. The van der Waals surface area contributed by atoms with Crippen LogP contribution in [0.3, 0.4) is 0 Å². The molecule has 98 valence electrons. The fourth-order valence-corrected chi connectivity index (χ4v) is 2.27. The molecular formula is C14H18ClNO2. The van der Waals surface area contributed by atoms with Crippen LogP contribution in [0, 0.1) is 0 Å². The molecule has 0 aliphatic carbocycles. The summed E-state index contributed by atoms with van der Waals surface area (Å²) in [7, 11) is 0. The lowest BCUT2D eigenvalue weighted by atomic mass is 10.1. The van der Waals surface area contributed by atoms with Crippen molar-refractivity contribution in [2.45, 2.75) is 32.3 Å². The number of rotatable bonds is 3. The minimum Gasteiger partial charge on any atom is -0.481 e. The molecule has 0 unspecified atom stereocenters. The van der Waals surface area contributed by atoms with Crippen molar-refractivity contribution in [3.63, 3.8) is 0 Å². The van der Waals surface area contributed by atoms with Gasteiger partial charge in [-0.05, 0) is 50.5 Å². The van der Waals surface area contributed by atoms with Crippen LogP contribution >= 0.6 is 11.6 Å². The molecule has 1 aromatic rings. The van der Waals surface area contributed by atoms with E-state index in [0.717, 1.165) is 25.9 Å². The predicted molar refractivity (Wildman–Crippen MR) is 72.0 cm³/mol. The third kappa shape index (κ3) is 3.39. The highest BCUT2D eigenvalue weighted by atomic mass is 35.5. The Morgan fingerprint density at radius 3 is 2.44 bits per heavy atom. The summed E-state index contributed by atoms with van der Waals surface area (Å²) >= 11 is 5.80. The third-order valence-corrected chi connectivity index (χ3v) is 3.39. The fourth-order valence-electron chi connectivity index (χ4n) is 2.14. The van der Waals surface area contributed by atoms with Gasteiger partial charge < -0.3 is 9.64 Å². The first kappa shape index (κ1) is 13.2. The summed E-state index contributed by atoms with van der Waals surface area (Å²) in [5.74, 6) is 0.752. The van der Waals surface area contributed by atoms with Crippen LogP contribution in [0.4, 0.5) is 0 Å². The SMILES string of the molecule is C[C@H](Oc1ccc(Cl)cc1)C(=O)N1CCCCC1. The second-order valence-corrected chi connectivity index (χ2v) is 5.04. The molecule has 0 radical (unpaired) electrons. The van der Waals surface area contributed by atoms with E-state index in [1.807, 2.05) is 4.90 Å². The van der Waals surface area contributed by atoms with Crippen molar-refractivity contribution >= 4 is 17.5 Å². The van der Waals surface area contributed by atoms with Crippen LogP contribution < -0.4 is 4.74 Å². The van der Waals surface area contributed by atoms with Gasteiger partial charge in [0.25, 0.3) is 5.91 Å². The first-order valence-corrected chi connectivity index (χ1v) is 6.75. The standard InChI is InChI=1S/C14H18ClNO2/c1-11(14(17)16-9-3-2-4-10-16)18-13-7-5-12(15)6-8-13/h5-8,11H,2-4,9-10H2,1H3/t11-/m0/s1. The van der Waals surface area contributed by atoms with Gasteiger partial charge in [0, 0.05) is 18.1 Å². The van der Waals surface area contributed by atoms with E-state index in [1.54, 1.807) is 31.2 Å². The van der Waals surface area contributed by atoms with Gasteiger partial charge in [-0.15, -0.1) is 0 Å². The van der Waals surface area contributed by atoms with Crippen LogP contribution in [-0.4, -0.2) is 30.0 Å². The summed E-state index contributed by atoms with van der Waals surface area (Å²) in [5.41, 5.74) is 0. The van der Waals surface area contributed by atoms with Gasteiger partial charge >= 0.3 is 0 Å². The van der Waals surface area contributed by atoms with Crippen molar-refractivity contribution in [2.24, 2.45) is 0 Å². The Morgan fingerprint density at radius 1 is 1.22 bits per heavy atom. The Labute approximate surface area is 113 Å². The Balaban J connectivity index is 1.92. The maximum Gasteiger partial charge on any atom is 0.263 e. The molecule has 0 spiro atoms. The zero-order chi connectivity index (χ0) is 13.0. The molecule has 1 aliphatic rings. The summed E-state index contributed by atoms with van der Waals surface area (Å²) in [6.07, 6.45) is 2.97. The van der Waals surface area contributed by atoms with Crippen molar-refractivity contribution in [3.8, 4) is 5.75 Å². The number of carbonyl (C=O) groups excluding carboxylic acids is 1. The van der Waals surface area contributed by atoms with Gasteiger partial charge in [0.15, 0.2) is 6.10 Å². The van der Waals surface area contributed by atoms with E-state index in [1.165, 1.54) is 6.42 Å². The second-order valence-electron chi connectivity index (χ2n) is 4.60. The van der Waals surface area contributed by atoms with E-state index in [9.17, 15) is 4.79 Å². The van der Waals surface area contributed by atoms with Gasteiger partial charge in [-0.3, -0.25) is 4.79 Å². The van der Waals surface area contributed by atoms with Crippen molar-refractivity contribution in [3.05, 3.63) is 29.3 Å². The van der Waals surface area contributed by atoms with Gasteiger partial charge in [-0.1, -0.05) is 11.6 Å². The van der Waals surface area contributed by atoms with Crippen molar-refractivity contribution in [2.75, 3.05) is 13.1 Å². The topological polar surface area (TPSA) is 29.5 Å². The smallest absolute Gasteiger partial charge is 0.263 e. The average Bonchev–Trinajstić information content (AvgIpc) is 2.41. The molecule has 1 aliphatic heterocycles. The minimum atomic E-state index is -0.440. The quantitative estimate of drug-likeness (QED) is 0.842. The lowest BCUT2D eigenvalue weighted by molar-refractivity contribution is -0.138. The number of hydrogen-bond acceptors (Lipinski definition) is 2. The number of carbonyl (C=O) groups is 1. The molecule has 4 heteroatoms. The predicted octanol–water partition coefficient (Wildman–Crippen LogP) is 3.12. The molecule has 0 saturated carbocycles. The van der Waals surface area contributed by atoms with E-state index in [0.29, 0.717) is 10.8 Å². The van der Waals surface area contributed by atoms with Crippen LogP contribution in [0.2, 0.25) is 5.02 Å². The molecule has 0 bridgehead atoms.